The standard InChI is InChI=1S/C15H26N2O6S.Na/c1-5-11(9-16)8-15(4,13(19)20)7-6-12(18)17-14(2,3)10-24(21,22)23;/h11H,5-8,10H2,1-4H3,(H,17,18)(H,19,20)(H,21,22,23);/q;+1/p-1. The Morgan fingerprint density at radius 1 is 1.32 bits per heavy atom. The number of nitrogens with one attached hydrogen (secondary N) is 1. The van der Waals surface area contributed by atoms with Crippen LogP contribution in [0.3, 0.4) is 0 Å². The summed E-state index contributed by atoms with van der Waals surface area (Å²) < 4.78 is 32.4. The molecule has 0 heterocycles. The van der Waals surface area contributed by atoms with Crippen molar-refractivity contribution >= 4 is 22.0 Å². The fourth-order valence-electron chi connectivity index (χ4n) is 2.43. The zero-order valence-corrected chi connectivity index (χ0v) is 18.3. The van der Waals surface area contributed by atoms with Gasteiger partial charge in [0, 0.05) is 17.9 Å². The molecule has 0 aromatic rings. The molecule has 0 aliphatic rings. The number of hydrogen-bond acceptors (Lipinski definition) is 6. The number of nitrogens with zero attached hydrogens (tertiary/aromatic N) is 1. The van der Waals surface area contributed by atoms with E-state index >= 15 is 0 Å². The Balaban J connectivity index is 0. The molecular formula is C15H25N2NaO6S. The van der Waals surface area contributed by atoms with Gasteiger partial charge in [0.25, 0.3) is 0 Å². The minimum Gasteiger partial charge on any atom is -0.748 e. The molecule has 2 N–H and O–H groups in total. The average molecular weight is 384 g/mol. The van der Waals surface area contributed by atoms with Gasteiger partial charge in [-0.3, -0.25) is 9.59 Å². The Kier molecular flexibility index (Phi) is 11.1. The minimum atomic E-state index is -4.50. The van der Waals surface area contributed by atoms with E-state index < -0.39 is 44.6 Å². The summed E-state index contributed by atoms with van der Waals surface area (Å²) >= 11 is 0. The number of carbonyl (C=O) groups excluding carboxylic acids is 1. The van der Waals surface area contributed by atoms with Crippen LogP contribution >= 0.6 is 0 Å². The number of hydrogen-bond donors (Lipinski definition) is 2. The summed E-state index contributed by atoms with van der Waals surface area (Å²) in [5.41, 5.74) is -2.47. The van der Waals surface area contributed by atoms with Crippen LogP contribution in [0.1, 0.15) is 53.4 Å². The summed E-state index contributed by atoms with van der Waals surface area (Å²) in [4.78, 5) is 23.5. The van der Waals surface area contributed by atoms with Crippen LogP contribution in [0.5, 0.6) is 0 Å². The van der Waals surface area contributed by atoms with E-state index in [1.807, 2.05) is 6.07 Å². The maximum absolute atomic E-state index is 12.0. The Morgan fingerprint density at radius 2 is 1.84 bits per heavy atom. The Bertz CT molecular complexity index is 614. The van der Waals surface area contributed by atoms with E-state index in [2.05, 4.69) is 5.32 Å². The van der Waals surface area contributed by atoms with E-state index in [0.29, 0.717) is 6.42 Å². The summed E-state index contributed by atoms with van der Waals surface area (Å²) in [5.74, 6) is -2.81. The van der Waals surface area contributed by atoms with Crippen LogP contribution in [0.4, 0.5) is 0 Å². The molecule has 0 aliphatic carbocycles. The molecule has 0 fully saturated rings. The van der Waals surface area contributed by atoms with E-state index in [1.165, 1.54) is 20.8 Å². The van der Waals surface area contributed by atoms with Crippen LogP contribution in [0.15, 0.2) is 0 Å². The molecule has 138 valence electrons. The Morgan fingerprint density at radius 3 is 2.20 bits per heavy atom. The van der Waals surface area contributed by atoms with Crippen LogP contribution in [-0.2, 0) is 19.7 Å². The van der Waals surface area contributed by atoms with Gasteiger partial charge in [-0.15, -0.1) is 0 Å². The van der Waals surface area contributed by atoms with E-state index in [4.69, 9.17) is 5.26 Å². The fourth-order valence-corrected chi connectivity index (χ4v) is 3.38. The molecule has 0 spiro atoms. The molecule has 8 nitrogen and oxygen atoms in total. The molecule has 0 saturated heterocycles. The van der Waals surface area contributed by atoms with Crippen molar-refractivity contribution in [3.05, 3.63) is 0 Å². The van der Waals surface area contributed by atoms with Crippen molar-refractivity contribution in [2.24, 2.45) is 11.3 Å². The number of aliphatic carboxylic acids is 1. The first-order valence-electron chi connectivity index (χ1n) is 7.62. The predicted octanol–water partition coefficient (Wildman–Crippen LogP) is -1.76. The molecule has 0 bridgehead atoms. The maximum Gasteiger partial charge on any atom is 1.00 e. The quantitative estimate of drug-likeness (QED) is 0.335. The topological polar surface area (TPSA) is 147 Å². The molecule has 1 amide bonds. The third-order valence-corrected chi connectivity index (χ3v) is 4.88. The SMILES string of the molecule is CCC(C#N)CC(C)(CCC(=O)NC(C)(C)CS(=O)(=O)[O-])C(=O)O.[Na+]. The number of rotatable bonds is 10. The molecule has 0 saturated carbocycles. The van der Waals surface area contributed by atoms with Crippen LogP contribution in [0, 0.1) is 22.7 Å². The summed E-state index contributed by atoms with van der Waals surface area (Å²) in [5, 5.41) is 20.8. The molecule has 2 unspecified atom stereocenters. The monoisotopic (exact) mass is 384 g/mol. The number of carbonyl (C=O) groups is 2. The van der Waals surface area contributed by atoms with Crippen LogP contribution in [0.2, 0.25) is 0 Å². The van der Waals surface area contributed by atoms with Gasteiger partial charge >= 0.3 is 35.5 Å². The first kappa shape index (κ1) is 26.6. The van der Waals surface area contributed by atoms with E-state index in [9.17, 15) is 27.7 Å². The van der Waals surface area contributed by atoms with E-state index in [1.54, 1.807) is 6.92 Å². The number of carboxylic acid groups (broad SMARTS) is 1. The first-order chi connectivity index (χ1) is 10.7. The molecule has 0 aromatic carbocycles. The van der Waals surface area contributed by atoms with Gasteiger partial charge in [-0.2, -0.15) is 5.26 Å². The van der Waals surface area contributed by atoms with Crippen LogP contribution < -0.4 is 34.9 Å². The second-order valence-electron chi connectivity index (χ2n) is 6.94. The van der Waals surface area contributed by atoms with Gasteiger partial charge in [0.15, 0.2) is 0 Å². The molecule has 0 rings (SSSR count). The zero-order chi connectivity index (χ0) is 19.2. The van der Waals surface area contributed by atoms with Gasteiger partial charge in [-0.05, 0) is 40.0 Å². The predicted molar refractivity (Wildman–Crippen MR) is 85.8 cm³/mol. The van der Waals surface area contributed by atoms with Gasteiger partial charge < -0.3 is 15.0 Å². The van der Waals surface area contributed by atoms with Gasteiger partial charge in [0.1, 0.15) is 0 Å². The summed E-state index contributed by atoms with van der Waals surface area (Å²) in [6.45, 7) is 6.07. The molecule has 10 heteroatoms. The van der Waals surface area contributed by atoms with Crippen molar-refractivity contribution in [3.8, 4) is 6.07 Å². The second-order valence-corrected chi connectivity index (χ2v) is 8.34. The molecule has 0 aromatic heterocycles. The summed E-state index contributed by atoms with van der Waals surface area (Å²) in [7, 11) is -4.50. The van der Waals surface area contributed by atoms with Crippen molar-refractivity contribution < 1.29 is 57.2 Å². The van der Waals surface area contributed by atoms with Crippen molar-refractivity contribution in [1.82, 2.24) is 5.32 Å². The maximum atomic E-state index is 12.0. The van der Waals surface area contributed by atoms with Gasteiger partial charge in [-0.25, -0.2) is 8.42 Å². The normalized spacial score (nSPS) is 15.2. The first-order valence-corrected chi connectivity index (χ1v) is 9.20. The van der Waals surface area contributed by atoms with E-state index in [-0.39, 0.29) is 48.8 Å². The third-order valence-electron chi connectivity index (χ3n) is 3.81. The number of nitriles is 1. The van der Waals surface area contributed by atoms with Crippen LogP contribution in [-0.4, -0.2) is 41.2 Å². The Hall–Kier alpha value is -0.660. The number of carboxylic acids is 1. The molecule has 0 radical (unpaired) electrons. The average Bonchev–Trinajstić information content (AvgIpc) is 2.39. The third kappa shape index (κ3) is 10.8. The Labute approximate surface area is 171 Å². The smallest absolute Gasteiger partial charge is 0.748 e. The van der Waals surface area contributed by atoms with Crippen molar-refractivity contribution in [2.45, 2.75) is 58.9 Å². The zero-order valence-electron chi connectivity index (χ0n) is 15.5. The molecule has 0 aliphatic heterocycles. The second kappa shape index (κ2) is 10.5. The van der Waals surface area contributed by atoms with Crippen LogP contribution in [0.25, 0.3) is 0 Å². The molecule has 2 atom stereocenters. The van der Waals surface area contributed by atoms with Gasteiger partial charge in [-0.1, -0.05) is 6.92 Å². The largest absolute Gasteiger partial charge is 1.00 e. The number of amides is 1. The van der Waals surface area contributed by atoms with Gasteiger partial charge in [0.05, 0.1) is 27.4 Å². The van der Waals surface area contributed by atoms with Crippen molar-refractivity contribution in [2.75, 3.05) is 5.75 Å². The fraction of sp³-hybridized carbons (Fsp3) is 0.800. The van der Waals surface area contributed by atoms with E-state index in [0.717, 1.165) is 0 Å². The van der Waals surface area contributed by atoms with Crippen molar-refractivity contribution in [1.29, 1.82) is 5.26 Å². The molecular weight excluding hydrogens is 359 g/mol. The van der Waals surface area contributed by atoms with Crippen molar-refractivity contribution in [3.63, 3.8) is 0 Å². The molecule has 25 heavy (non-hydrogen) atoms. The van der Waals surface area contributed by atoms with Gasteiger partial charge in [0.2, 0.25) is 5.91 Å². The minimum absolute atomic E-state index is 0. The summed E-state index contributed by atoms with van der Waals surface area (Å²) in [6, 6.07) is 2.05. The summed E-state index contributed by atoms with van der Waals surface area (Å²) in [6.07, 6.45) is 0.500.